The molecule has 1 fully saturated rings. The van der Waals surface area contributed by atoms with Gasteiger partial charge in [0.1, 0.15) is 11.3 Å². The second-order valence-electron chi connectivity index (χ2n) is 8.19. The number of para-hydroxylation sites is 1. The molecule has 1 saturated heterocycles. The zero-order valence-corrected chi connectivity index (χ0v) is 18.4. The number of rotatable bonds is 4. The van der Waals surface area contributed by atoms with E-state index in [4.69, 9.17) is 4.42 Å². The molecular weight excluding hydrogens is 403 g/mol. The predicted molar refractivity (Wildman–Crippen MR) is 124 cm³/mol. The van der Waals surface area contributed by atoms with Crippen LogP contribution in [-0.2, 0) is 19.5 Å². The first-order valence-corrected chi connectivity index (χ1v) is 10.3. The topological polar surface area (TPSA) is 19.6 Å². The highest BCUT2D eigenvalue weighted by Crippen LogP contribution is 2.31. The summed E-state index contributed by atoms with van der Waals surface area (Å²) in [5.74, 6) is 2.02. The molecule has 0 aliphatic carbocycles. The summed E-state index contributed by atoms with van der Waals surface area (Å²) >= 11 is 0. The van der Waals surface area contributed by atoms with Gasteiger partial charge in [-0.3, -0.25) is 9.80 Å². The van der Waals surface area contributed by atoms with E-state index in [1.165, 1.54) is 61.3 Å². The molecule has 3 heterocycles. The van der Waals surface area contributed by atoms with Gasteiger partial charge in [-0.05, 0) is 49.9 Å². The Bertz CT molecular complexity index is 904. The fourth-order valence-corrected chi connectivity index (χ4v) is 4.79. The molecule has 0 bridgehead atoms. The van der Waals surface area contributed by atoms with E-state index in [9.17, 15) is 0 Å². The van der Waals surface area contributed by atoms with Crippen molar-refractivity contribution in [2.45, 2.75) is 32.4 Å². The van der Waals surface area contributed by atoms with Crippen molar-refractivity contribution >= 4 is 35.8 Å². The Balaban J connectivity index is 0.00000120. The van der Waals surface area contributed by atoms with Crippen molar-refractivity contribution in [3.63, 3.8) is 0 Å². The molecule has 5 heteroatoms. The average molecular weight is 433 g/mol. The molecule has 3 aromatic rings. The number of likely N-dealkylation sites (tertiary alicyclic amines) is 1. The van der Waals surface area contributed by atoms with Crippen LogP contribution in [0.4, 0.5) is 0 Å². The third-order valence-corrected chi connectivity index (χ3v) is 6.30. The van der Waals surface area contributed by atoms with Gasteiger partial charge in [0.2, 0.25) is 0 Å². The maximum atomic E-state index is 6.14. The molecule has 2 aromatic carbocycles. The van der Waals surface area contributed by atoms with Gasteiger partial charge in [0.05, 0.1) is 6.54 Å². The van der Waals surface area contributed by atoms with Gasteiger partial charge in [0.25, 0.3) is 0 Å². The number of halogens is 2. The molecule has 0 atom stereocenters. The van der Waals surface area contributed by atoms with Crippen LogP contribution < -0.4 is 0 Å². The van der Waals surface area contributed by atoms with E-state index in [1.807, 2.05) is 0 Å². The zero-order valence-electron chi connectivity index (χ0n) is 16.8. The quantitative estimate of drug-likeness (QED) is 0.538. The summed E-state index contributed by atoms with van der Waals surface area (Å²) in [4.78, 5) is 5.22. The summed E-state index contributed by atoms with van der Waals surface area (Å²) in [7, 11) is 0. The normalized spacial score (nSPS) is 18.1. The minimum atomic E-state index is 0. The highest BCUT2D eigenvalue weighted by molar-refractivity contribution is 5.85. The summed E-state index contributed by atoms with van der Waals surface area (Å²) in [6.45, 7) is 6.91. The van der Waals surface area contributed by atoms with Crippen LogP contribution in [0.25, 0.3) is 11.0 Å². The van der Waals surface area contributed by atoms with Gasteiger partial charge >= 0.3 is 0 Å². The highest BCUT2D eigenvalue weighted by Gasteiger charge is 2.26. The first-order chi connectivity index (χ1) is 13.3. The standard InChI is InChI=1S/C24H28N2O.2ClH/c1-2-6-19(7-3-1)16-25-13-10-20(11-14-25)17-26-15-12-22-21-8-4-5-9-23(21)27-24(22)18-26;;/h1-9,20H,10-18H2;2*1H. The number of hydrogen-bond donors (Lipinski definition) is 0. The number of benzene rings is 2. The van der Waals surface area contributed by atoms with E-state index in [-0.39, 0.29) is 24.8 Å². The molecule has 3 nitrogen and oxygen atoms in total. The third-order valence-electron chi connectivity index (χ3n) is 6.30. The van der Waals surface area contributed by atoms with Crippen molar-refractivity contribution < 1.29 is 4.42 Å². The number of piperidine rings is 1. The smallest absolute Gasteiger partial charge is 0.134 e. The van der Waals surface area contributed by atoms with E-state index in [0.717, 1.165) is 31.0 Å². The summed E-state index contributed by atoms with van der Waals surface area (Å²) in [5.41, 5.74) is 3.93. The first-order valence-electron chi connectivity index (χ1n) is 10.3. The predicted octanol–water partition coefficient (Wildman–Crippen LogP) is 5.55. The van der Waals surface area contributed by atoms with Gasteiger partial charge in [-0.15, -0.1) is 24.8 Å². The lowest BCUT2D eigenvalue weighted by atomic mass is 9.94. The third kappa shape index (κ3) is 4.97. The Morgan fingerprint density at radius 1 is 0.828 bits per heavy atom. The Morgan fingerprint density at radius 2 is 1.55 bits per heavy atom. The monoisotopic (exact) mass is 432 g/mol. The van der Waals surface area contributed by atoms with Crippen LogP contribution in [0.15, 0.2) is 59.0 Å². The molecule has 0 unspecified atom stereocenters. The minimum absolute atomic E-state index is 0. The molecular formula is C24H30Cl2N2O. The second kappa shape index (κ2) is 9.99. The van der Waals surface area contributed by atoms with E-state index in [2.05, 4.69) is 64.4 Å². The fraction of sp³-hybridized carbons (Fsp3) is 0.417. The van der Waals surface area contributed by atoms with Crippen LogP contribution in [0.2, 0.25) is 0 Å². The van der Waals surface area contributed by atoms with Gasteiger partial charge < -0.3 is 4.42 Å². The van der Waals surface area contributed by atoms with Gasteiger partial charge in [-0.25, -0.2) is 0 Å². The van der Waals surface area contributed by atoms with Crippen LogP contribution in [0.3, 0.4) is 0 Å². The van der Waals surface area contributed by atoms with Crippen molar-refractivity contribution in [3.05, 3.63) is 71.5 Å². The molecule has 0 N–H and O–H groups in total. The van der Waals surface area contributed by atoms with Crippen LogP contribution in [0, 0.1) is 5.92 Å². The summed E-state index contributed by atoms with van der Waals surface area (Å²) in [6.07, 6.45) is 3.76. The SMILES string of the molecule is Cl.Cl.c1ccc(CN2CCC(CN3CCc4c(oc5ccccc45)C3)CC2)cc1. The summed E-state index contributed by atoms with van der Waals surface area (Å²) < 4.78 is 6.14. The van der Waals surface area contributed by atoms with Crippen LogP contribution >= 0.6 is 24.8 Å². The lowest BCUT2D eigenvalue weighted by Gasteiger charge is -2.35. The lowest BCUT2D eigenvalue weighted by molar-refractivity contribution is 0.128. The van der Waals surface area contributed by atoms with Gasteiger partial charge in [-0.2, -0.15) is 0 Å². The van der Waals surface area contributed by atoms with Crippen molar-refractivity contribution in [2.24, 2.45) is 5.92 Å². The molecule has 156 valence electrons. The molecule has 0 radical (unpaired) electrons. The summed E-state index contributed by atoms with van der Waals surface area (Å²) in [5, 5.41) is 1.32. The Hall–Kier alpha value is -1.52. The van der Waals surface area contributed by atoms with Crippen molar-refractivity contribution in [2.75, 3.05) is 26.2 Å². The first kappa shape index (κ1) is 22.2. The molecule has 0 spiro atoms. The zero-order chi connectivity index (χ0) is 18.1. The van der Waals surface area contributed by atoms with Crippen LogP contribution in [0.1, 0.15) is 29.7 Å². The van der Waals surface area contributed by atoms with Crippen molar-refractivity contribution in [1.82, 2.24) is 9.80 Å². The number of fused-ring (bicyclic) bond motifs is 3. The van der Waals surface area contributed by atoms with Crippen molar-refractivity contribution in [1.29, 1.82) is 0 Å². The molecule has 0 saturated carbocycles. The lowest BCUT2D eigenvalue weighted by Crippen LogP contribution is -2.40. The Morgan fingerprint density at radius 3 is 2.34 bits per heavy atom. The molecule has 2 aliphatic heterocycles. The van der Waals surface area contributed by atoms with Crippen LogP contribution in [0.5, 0.6) is 0 Å². The summed E-state index contributed by atoms with van der Waals surface area (Å²) in [6, 6.07) is 19.4. The number of furan rings is 1. The van der Waals surface area contributed by atoms with E-state index < -0.39 is 0 Å². The number of nitrogens with zero attached hydrogens (tertiary/aromatic N) is 2. The van der Waals surface area contributed by atoms with Gasteiger partial charge in [0.15, 0.2) is 0 Å². The van der Waals surface area contributed by atoms with E-state index in [0.29, 0.717) is 0 Å². The average Bonchev–Trinajstić information content (AvgIpc) is 3.08. The van der Waals surface area contributed by atoms with E-state index >= 15 is 0 Å². The molecule has 29 heavy (non-hydrogen) atoms. The molecule has 1 aromatic heterocycles. The molecule has 5 rings (SSSR count). The van der Waals surface area contributed by atoms with Gasteiger partial charge in [0, 0.05) is 30.6 Å². The molecule has 0 amide bonds. The second-order valence-corrected chi connectivity index (χ2v) is 8.19. The largest absolute Gasteiger partial charge is 0.459 e. The fourth-order valence-electron chi connectivity index (χ4n) is 4.79. The van der Waals surface area contributed by atoms with Crippen molar-refractivity contribution in [3.8, 4) is 0 Å². The maximum absolute atomic E-state index is 6.14. The molecule has 2 aliphatic rings. The Kier molecular flexibility index (Phi) is 7.64. The van der Waals surface area contributed by atoms with Gasteiger partial charge in [-0.1, -0.05) is 48.5 Å². The Labute approximate surface area is 185 Å². The maximum Gasteiger partial charge on any atom is 0.134 e. The minimum Gasteiger partial charge on any atom is -0.459 e. The number of hydrogen-bond acceptors (Lipinski definition) is 3. The van der Waals surface area contributed by atoms with E-state index in [1.54, 1.807) is 0 Å². The van der Waals surface area contributed by atoms with Crippen LogP contribution in [-0.4, -0.2) is 36.0 Å². The highest BCUT2D eigenvalue weighted by atomic mass is 35.5.